The molecule has 0 radical (unpaired) electrons. The first kappa shape index (κ1) is 8.38. The van der Waals surface area contributed by atoms with Crippen LogP contribution in [0.25, 0.3) is 0 Å². The first-order valence-electron chi connectivity index (χ1n) is 4.61. The normalized spacial score (nSPS) is 10.8. The number of hydrogen-bond donors (Lipinski definition) is 2. The van der Waals surface area contributed by atoms with E-state index in [0.29, 0.717) is 12.5 Å². The Bertz CT molecular complexity index is 315. The van der Waals surface area contributed by atoms with E-state index in [-0.39, 0.29) is 0 Å². The van der Waals surface area contributed by atoms with Crippen LogP contribution in [-0.4, -0.2) is 20.3 Å². The zero-order valence-electron chi connectivity index (χ0n) is 9.18. The number of benzene rings is 1. The first-order valence-corrected chi connectivity index (χ1v) is 4.21. The van der Waals surface area contributed by atoms with Crippen molar-refractivity contribution in [2.45, 2.75) is 13.8 Å². The Balaban J connectivity index is 2.90. The molecule has 0 fully saturated rings. The van der Waals surface area contributed by atoms with Crippen LogP contribution in [-0.2, 0) is 0 Å². The van der Waals surface area contributed by atoms with Crippen LogP contribution in [0, 0.1) is 13.8 Å². The lowest BCUT2D eigenvalue weighted by Crippen LogP contribution is -2.14. The topological polar surface area (TPSA) is 41.5 Å². The largest absolute Gasteiger partial charge is 0.508 e. The standard InChI is InChI=1S/C10H15NO2/c1-7-5-10(13-6-11-3)8(2)4-9(7)12/h4-5,11-12H,6H2,1-3H3/i/hD. The second-order valence-electron chi connectivity index (χ2n) is 3.03. The van der Waals surface area contributed by atoms with Gasteiger partial charge in [0.15, 0.2) is 0 Å². The highest BCUT2D eigenvalue weighted by molar-refractivity contribution is 5.44. The Morgan fingerprint density at radius 3 is 2.85 bits per heavy atom. The van der Waals surface area contributed by atoms with Crippen molar-refractivity contribution in [3.8, 4) is 11.5 Å². The van der Waals surface area contributed by atoms with Crippen molar-refractivity contribution in [2.24, 2.45) is 0 Å². The molecule has 0 aromatic heterocycles. The lowest BCUT2D eigenvalue weighted by molar-refractivity contribution is 0.293. The van der Waals surface area contributed by atoms with Gasteiger partial charge in [-0.2, -0.15) is 0 Å². The molecule has 0 aliphatic carbocycles. The average molecular weight is 182 g/mol. The van der Waals surface area contributed by atoms with E-state index in [0.717, 1.165) is 16.9 Å². The van der Waals surface area contributed by atoms with E-state index >= 15 is 0 Å². The third-order valence-electron chi connectivity index (χ3n) is 1.84. The Morgan fingerprint density at radius 1 is 1.46 bits per heavy atom. The lowest BCUT2D eigenvalue weighted by Gasteiger charge is -2.10. The lowest BCUT2D eigenvalue weighted by atomic mass is 10.1. The highest BCUT2D eigenvalue weighted by Crippen LogP contribution is 2.26. The molecule has 1 aromatic rings. The van der Waals surface area contributed by atoms with Gasteiger partial charge < -0.3 is 9.85 Å². The molecule has 13 heavy (non-hydrogen) atoms. The maximum Gasteiger partial charge on any atom is 0.293 e. The molecule has 0 aliphatic heterocycles. The summed E-state index contributed by atoms with van der Waals surface area (Å²) < 4.78 is 12.3. The van der Waals surface area contributed by atoms with Gasteiger partial charge in [-0.25, -0.2) is 0 Å². The van der Waals surface area contributed by atoms with Crippen LogP contribution in [0.2, 0.25) is 0 Å². The molecule has 0 unspecified atom stereocenters. The molecule has 1 rings (SSSR count). The number of ether oxygens (including phenoxy) is 1. The summed E-state index contributed by atoms with van der Waals surface area (Å²) in [7, 11) is 1.82. The van der Waals surface area contributed by atoms with Crippen LogP contribution in [0.5, 0.6) is 11.5 Å². The van der Waals surface area contributed by atoms with Gasteiger partial charge in [-0.3, -0.25) is 5.32 Å². The summed E-state index contributed by atoms with van der Waals surface area (Å²) in [5, 5.41) is 7.37. The maximum absolute atomic E-state index is 6.84. The average Bonchev–Trinajstić information content (AvgIpc) is 2.18. The molecule has 0 amide bonds. The quantitative estimate of drug-likeness (QED) is 0.694. The number of hydrogen-bond acceptors (Lipinski definition) is 3. The van der Waals surface area contributed by atoms with Crippen molar-refractivity contribution in [3.63, 3.8) is 0 Å². The molecular weight excluding hydrogens is 166 g/mol. The first-order chi connectivity index (χ1) is 6.69. The molecule has 1 aromatic carbocycles. The van der Waals surface area contributed by atoms with E-state index in [9.17, 15) is 0 Å². The van der Waals surface area contributed by atoms with Crippen LogP contribution in [0.15, 0.2) is 12.1 Å². The highest BCUT2D eigenvalue weighted by Gasteiger charge is 2.03. The van der Waals surface area contributed by atoms with E-state index in [1.54, 1.807) is 6.07 Å². The van der Waals surface area contributed by atoms with Crippen molar-refractivity contribution in [1.29, 1.82) is 1.43 Å². The number of aryl methyl sites for hydroxylation is 2. The summed E-state index contributed by atoms with van der Waals surface area (Å²) in [5.41, 5.74) is 1.87. The molecule has 0 bridgehead atoms. The number of nitrogens with one attached hydrogen (secondary N) is 1. The van der Waals surface area contributed by atoms with Crippen LogP contribution in [0.1, 0.15) is 11.1 Å². The Kier molecular flexibility index (Phi) is 2.67. The van der Waals surface area contributed by atoms with Crippen molar-refractivity contribution < 1.29 is 9.85 Å². The molecule has 0 heterocycles. The minimum Gasteiger partial charge on any atom is -0.508 e. The molecule has 0 aliphatic rings. The molecule has 72 valence electrons. The number of phenolic OH excluding ortho intramolecular Hbond substituents is 1. The molecule has 0 saturated heterocycles. The second-order valence-corrected chi connectivity index (χ2v) is 3.03. The molecule has 0 saturated carbocycles. The van der Waals surface area contributed by atoms with Gasteiger partial charge in [0.05, 0.1) is 0 Å². The summed E-state index contributed by atoms with van der Waals surface area (Å²) >= 11 is 0. The van der Waals surface area contributed by atoms with Gasteiger partial charge in [-0.05, 0) is 44.2 Å². The van der Waals surface area contributed by atoms with E-state index in [2.05, 4.69) is 10.4 Å². The van der Waals surface area contributed by atoms with Gasteiger partial charge in [0.25, 0.3) is 1.43 Å². The summed E-state index contributed by atoms with van der Waals surface area (Å²) in [4.78, 5) is 0. The zero-order chi connectivity index (χ0) is 10.6. The van der Waals surface area contributed by atoms with Crippen LogP contribution >= 0.6 is 0 Å². The summed E-state index contributed by atoms with van der Waals surface area (Å²) in [6, 6.07) is 3.67. The van der Waals surface area contributed by atoms with E-state index in [1.807, 2.05) is 27.0 Å². The fourth-order valence-corrected chi connectivity index (χ4v) is 1.07. The van der Waals surface area contributed by atoms with Crippen LogP contribution in [0.4, 0.5) is 0 Å². The Morgan fingerprint density at radius 2 is 2.23 bits per heavy atom. The van der Waals surface area contributed by atoms with Gasteiger partial charge in [-0.15, -0.1) is 0 Å². The van der Waals surface area contributed by atoms with Gasteiger partial charge in [0.1, 0.15) is 18.2 Å². The van der Waals surface area contributed by atoms with E-state index in [4.69, 9.17) is 6.17 Å². The van der Waals surface area contributed by atoms with Crippen LogP contribution < -0.4 is 10.1 Å². The molecule has 0 atom stereocenters. The third-order valence-corrected chi connectivity index (χ3v) is 1.84. The Labute approximate surface area is 79.8 Å². The number of aromatic hydroxyl groups is 1. The van der Waals surface area contributed by atoms with Gasteiger partial charge in [-0.1, -0.05) is 0 Å². The minimum absolute atomic E-state index is 0.474. The van der Waals surface area contributed by atoms with Crippen molar-refractivity contribution in [3.05, 3.63) is 23.3 Å². The third kappa shape index (κ3) is 2.36. The van der Waals surface area contributed by atoms with Crippen molar-refractivity contribution in [1.82, 2.24) is 5.32 Å². The monoisotopic (exact) mass is 182 g/mol. The van der Waals surface area contributed by atoms with E-state index < -0.39 is 0 Å². The predicted molar refractivity (Wildman–Crippen MR) is 52.1 cm³/mol. The molecular formula is C10H15NO2. The molecule has 3 heteroatoms. The summed E-state index contributed by atoms with van der Waals surface area (Å²) in [6.07, 6.45) is 0. The fraction of sp³-hybridized carbons (Fsp3) is 0.400. The van der Waals surface area contributed by atoms with E-state index in [1.165, 1.54) is 0 Å². The second kappa shape index (κ2) is 4.14. The maximum atomic E-state index is 6.84. The molecule has 0 spiro atoms. The highest BCUT2D eigenvalue weighted by atomic mass is 16.5. The summed E-state index contributed by atoms with van der Waals surface area (Å²) in [6.45, 7) is 4.28. The van der Waals surface area contributed by atoms with Crippen molar-refractivity contribution >= 4 is 0 Å². The van der Waals surface area contributed by atoms with Gasteiger partial charge in [0, 0.05) is 0 Å². The molecule has 2 N–H and O–H groups in total. The smallest absolute Gasteiger partial charge is 0.293 e. The zero-order valence-corrected chi connectivity index (χ0v) is 8.18. The summed E-state index contributed by atoms with van der Waals surface area (Å²) in [5.74, 6) is 1.39. The van der Waals surface area contributed by atoms with Gasteiger partial charge >= 0.3 is 0 Å². The predicted octanol–water partition coefficient (Wildman–Crippen LogP) is 1.56. The minimum atomic E-state index is 0.474. The Hall–Kier alpha value is -1.22. The number of rotatable bonds is 4. The van der Waals surface area contributed by atoms with Crippen LogP contribution in [0.3, 0.4) is 0 Å². The van der Waals surface area contributed by atoms with Crippen molar-refractivity contribution in [2.75, 3.05) is 13.8 Å². The fourth-order valence-electron chi connectivity index (χ4n) is 1.07. The SMILES string of the molecule is [2H]Oc1cc(C)c(OCNC)cc1C. The number of phenols is 1. The molecule has 3 nitrogen and oxygen atoms in total. The van der Waals surface area contributed by atoms with Gasteiger partial charge in [0.2, 0.25) is 0 Å².